The standard InChI is InChI=1S/C21H24N4O2S/c1-16-6-3-7-17(12-16)19-9-4-10-20(23-19)18-8-5-11-25(13-18)28(26,27)21-14-24(2)15-22-21/h3-4,6-7,9-10,12,14-15,18H,5,8,11,13H2,1-2H3/t18-/m0/s1. The molecule has 0 N–H and O–H groups in total. The lowest BCUT2D eigenvalue weighted by Gasteiger charge is -2.31. The number of rotatable bonds is 4. The van der Waals surface area contributed by atoms with E-state index in [4.69, 9.17) is 4.98 Å². The molecular weight excluding hydrogens is 372 g/mol. The molecule has 1 aliphatic rings. The van der Waals surface area contributed by atoms with E-state index in [1.165, 1.54) is 11.9 Å². The van der Waals surface area contributed by atoms with E-state index >= 15 is 0 Å². The number of sulfonamides is 1. The Hall–Kier alpha value is -2.51. The molecule has 3 heterocycles. The fraction of sp³-hybridized carbons (Fsp3) is 0.333. The third-order valence-electron chi connectivity index (χ3n) is 5.17. The summed E-state index contributed by atoms with van der Waals surface area (Å²) in [5.41, 5.74) is 4.14. The molecule has 0 aliphatic carbocycles. The van der Waals surface area contributed by atoms with Crippen molar-refractivity contribution < 1.29 is 8.42 Å². The smallest absolute Gasteiger partial charge is 0.262 e. The SMILES string of the molecule is Cc1cccc(-c2cccc([C@H]3CCCN(S(=O)(=O)c4cn(C)cn4)C3)n2)c1. The van der Waals surface area contributed by atoms with Crippen molar-refractivity contribution in [1.29, 1.82) is 0 Å². The van der Waals surface area contributed by atoms with Crippen LogP contribution in [0.1, 0.15) is 30.0 Å². The van der Waals surface area contributed by atoms with Crippen molar-refractivity contribution in [2.24, 2.45) is 7.05 Å². The second kappa shape index (κ2) is 7.48. The van der Waals surface area contributed by atoms with Crippen molar-refractivity contribution in [1.82, 2.24) is 18.8 Å². The number of benzene rings is 1. The molecule has 1 fully saturated rings. The third-order valence-corrected chi connectivity index (χ3v) is 6.92. The van der Waals surface area contributed by atoms with Crippen molar-refractivity contribution in [2.45, 2.75) is 30.7 Å². The highest BCUT2D eigenvalue weighted by atomic mass is 32.2. The minimum atomic E-state index is -3.58. The fourth-order valence-electron chi connectivity index (χ4n) is 3.70. The highest BCUT2D eigenvalue weighted by molar-refractivity contribution is 7.89. The number of aromatic nitrogens is 3. The van der Waals surface area contributed by atoms with Gasteiger partial charge < -0.3 is 4.57 Å². The average Bonchev–Trinajstić information content (AvgIpc) is 3.15. The van der Waals surface area contributed by atoms with Crippen LogP contribution in [0.25, 0.3) is 11.3 Å². The van der Waals surface area contributed by atoms with Crippen molar-refractivity contribution in [3.63, 3.8) is 0 Å². The van der Waals surface area contributed by atoms with Crippen LogP contribution in [0.5, 0.6) is 0 Å². The summed E-state index contributed by atoms with van der Waals surface area (Å²) in [7, 11) is -1.81. The zero-order chi connectivity index (χ0) is 19.7. The van der Waals surface area contributed by atoms with Gasteiger partial charge in [-0.2, -0.15) is 4.31 Å². The number of piperidine rings is 1. The van der Waals surface area contributed by atoms with Gasteiger partial charge in [0.1, 0.15) is 0 Å². The van der Waals surface area contributed by atoms with Gasteiger partial charge in [0.25, 0.3) is 10.0 Å². The van der Waals surface area contributed by atoms with E-state index in [-0.39, 0.29) is 10.9 Å². The van der Waals surface area contributed by atoms with Gasteiger partial charge in [-0.05, 0) is 38.0 Å². The first kappa shape index (κ1) is 18.8. The Morgan fingerprint density at radius 3 is 2.71 bits per heavy atom. The molecule has 3 aromatic rings. The molecule has 0 unspecified atom stereocenters. The summed E-state index contributed by atoms with van der Waals surface area (Å²) >= 11 is 0. The van der Waals surface area contributed by atoms with E-state index in [0.717, 1.165) is 29.8 Å². The van der Waals surface area contributed by atoms with Crippen LogP contribution >= 0.6 is 0 Å². The van der Waals surface area contributed by atoms with Crippen LogP contribution in [0.3, 0.4) is 0 Å². The summed E-state index contributed by atoms with van der Waals surface area (Å²) < 4.78 is 29.1. The maximum atomic E-state index is 12.9. The van der Waals surface area contributed by atoms with Crippen molar-refractivity contribution in [2.75, 3.05) is 13.1 Å². The fourth-order valence-corrected chi connectivity index (χ4v) is 5.19. The number of hydrogen-bond donors (Lipinski definition) is 0. The molecule has 4 rings (SSSR count). The quantitative estimate of drug-likeness (QED) is 0.678. The third kappa shape index (κ3) is 3.72. The van der Waals surface area contributed by atoms with Gasteiger partial charge in [-0.3, -0.25) is 4.98 Å². The van der Waals surface area contributed by atoms with Gasteiger partial charge in [0.15, 0.2) is 5.03 Å². The Labute approximate surface area is 165 Å². The van der Waals surface area contributed by atoms with Gasteiger partial charge in [-0.1, -0.05) is 29.8 Å². The molecule has 1 saturated heterocycles. The molecule has 1 aromatic carbocycles. The molecule has 1 aliphatic heterocycles. The van der Waals surface area contributed by atoms with Crippen LogP contribution in [0, 0.1) is 6.92 Å². The first-order valence-electron chi connectivity index (χ1n) is 9.45. The topological polar surface area (TPSA) is 68.1 Å². The Morgan fingerprint density at radius 1 is 1.14 bits per heavy atom. The van der Waals surface area contributed by atoms with Gasteiger partial charge in [-0.25, -0.2) is 13.4 Å². The summed E-state index contributed by atoms with van der Waals surface area (Å²) in [6.07, 6.45) is 4.81. The first-order valence-corrected chi connectivity index (χ1v) is 10.9. The Bertz CT molecular complexity index is 1090. The van der Waals surface area contributed by atoms with E-state index in [9.17, 15) is 8.42 Å². The molecule has 0 spiro atoms. The van der Waals surface area contributed by atoms with E-state index in [1.807, 2.05) is 24.3 Å². The summed E-state index contributed by atoms with van der Waals surface area (Å²) in [6.45, 7) is 3.02. The van der Waals surface area contributed by atoms with Gasteiger partial charge in [0.05, 0.1) is 12.0 Å². The second-order valence-corrected chi connectivity index (χ2v) is 9.28. The Morgan fingerprint density at radius 2 is 1.96 bits per heavy atom. The molecule has 2 aromatic heterocycles. The number of nitrogens with zero attached hydrogens (tertiary/aromatic N) is 4. The van der Waals surface area contributed by atoms with Gasteiger partial charge in [0, 0.05) is 43.5 Å². The van der Waals surface area contributed by atoms with Gasteiger partial charge in [0.2, 0.25) is 0 Å². The van der Waals surface area contributed by atoms with Crippen LogP contribution in [-0.4, -0.2) is 40.3 Å². The summed E-state index contributed by atoms with van der Waals surface area (Å²) in [4.78, 5) is 8.90. The lowest BCUT2D eigenvalue weighted by atomic mass is 9.95. The number of aryl methyl sites for hydroxylation is 2. The average molecular weight is 397 g/mol. The highest BCUT2D eigenvalue weighted by Crippen LogP contribution is 2.30. The highest BCUT2D eigenvalue weighted by Gasteiger charge is 2.32. The van der Waals surface area contributed by atoms with E-state index in [1.54, 1.807) is 22.1 Å². The molecule has 28 heavy (non-hydrogen) atoms. The minimum Gasteiger partial charge on any atom is -0.339 e. The summed E-state index contributed by atoms with van der Waals surface area (Å²) in [5.74, 6) is 0.0806. The summed E-state index contributed by atoms with van der Waals surface area (Å²) in [5, 5.41) is 0.108. The zero-order valence-corrected chi connectivity index (χ0v) is 16.9. The summed E-state index contributed by atoms with van der Waals surface area (Å²) in [6, 6.07) is 14.3. The number of imidazole rings is 1. The molecule has 1 atom stereocenters. The molecule has 6 nitrogen and oxygen atoms in total. The molecule has 0 saturated carbocycles. The van der Waals surface area contributed by atoms with Crippen LogP contribution in [-0.2, 0) is 17.1 Å². The maximum Gasteiger partial charge on any atom is 0.262 e. The maximum absolute atomic E-state index is 12.9. The lowest BCUT2D eigenvalue weighted by molar-refractivity contribution is 0.312. The molecule has 146 valence electrons. The van der Waals surface area contributed by atoms with Crippen molar-refractivity contribution in [3.8, 4) is 11.3 Å². The second-order valence-electron chi connectivity index (χ2n) is 7.40. The Balaban J connectivity index is 1.59. The molecule has 7 heteroatoms. The molecular formula is C21H24N4O2S. The van der Waals surface area contributed by atoms with Crippen molar-refractivity contribution in [3.05, 3.63) is 66.2 Å². The largest absolute Gasteiger partial charge is 0.339 e. The van der Waals surface area contributed by atoms with Crippen molar-refractivity contribution >= 4 is 10.0 Å². The monoisotopic (exact) mass is 396 g/mol. The number of hydrogen-bond acceptors (Lipinski definition) is 4. The van der Waals surface area contributed by atoms with Crippen LogP contribution in [0.4, 0.5) is 0 Å². The minimum absolute atomic E-state index is 0.0806. The Kier molecular flexibility index (Phi) is 5.03. The van der Waals surface area contributed by atoms with Gasteiger partial charge >= 0.3 is 0 Å². The normalized spacial score (nSPS) is 18.3. The van der Waals surface area contributed by atoms with Crippen LogP contribution in [0.2, 0.25) is 0 Å². The van der Waals surface area contributed by atoms with Gasteiger partial charge in [-0.15, -0.1) is 0 Å². The first-order chi connectivity index (χ1) is 13.4. The molecule has 0 radical (unpaired) electrons. The van der Waals surface area contributed by atoms with E-state index < -0.39 is 10.0 Å². The number of pyridine rings is 1. The van der Waals surface area contributed by atoms with E-state index in [2.05, 4.69) is 30.1 Å². The van der Waals surface area contributed by atoms with E-state index in [0.29, 0.717) is 13.1 Å². The van der Waals surface area contributed by atoms with Crippen LogP contribution < -0.4 is 0 Å². The molecule has 0 amide bonds. The predicted octanol–water partition coefficient (Wildman–Crippen LogP) is 3.36. The van der Waals surface area contributed by atoms with Crippen LogP contribution in [0.15, 0.2) is 60.0 Å². The molecule has 0 bridgehead atoms. The zero-order valence-electron chi connectivity index (χ0n) is 16.1. The lowest BCUT2D eigenvalue weighted by Crippen LogP contribution is -2.39. The predicted molar refractivity (Wildman–Crippen MR) is 108 cm³/mol.